The molecule has 0 radical (unpaired) electrons. The van der Waals surface area contributed by atoms with E-state index in [0.717, 1.165) is 51.0 Å². The summed E-state index contributed by atoms with van der Waals surface area (Å²) in [7, 11) is 0. The highest BCUT2D eigenvalue weighted by Crippen LogP contribution is 2.24. The number of nitrogens with one attached hydrogen (secondary N) is 2. The molecule has 2 atom stereocenters. The Morgan fingerprint density at radius 1 is 1.19 bits per heavy atom. The highest BCUT2D eigenvalue weighted by molar-refractivity contribution is 5.84. The standard InChI is InChI=1S/C21H31N3O2/c1-3-19(16-7-5-4-6-8-16)21(26)24-11-9-18(10-12-24)23-20(25)15(2)17-13-22-14-17/h4-8,15,17-19,22H,3,9-14H2,1-2H3,(H,23,25). The van der Waals surface area contributed by atoms with Crippen LogP contribution in [0.15, 0.2) is 30.3 Å². The number of benzene rings is 1. The van der Waals surface area contributed by atoms with E-state index in [2.05, 4.69) is 17.6 Å². The highest BCUT2D eigenvalue weighted by Gasteiger charge is 2.32. The molecular weight excluding hydrogens is 326 g/mol. The Morgan fingerprint density at radius 3 is 2.38 bits per heavy atom. The van der Waals surface area contributed by atoms with Gasteiger partial charge in [-0.1, -0.05) is 44.2 Å². The van der Waals surface area contributed by atoms with E-state index in [9.17, 15) is 9.59 Å². The predicted octanol–water partition coefficient (Wildman–Crippen LogP) is 2.14. The van der Waals surface area contributed by atoms with E-state index >= 15 is 0 Å². The van der Waals surface area contributed by atoms with Crippen LogP contribution < -0.4 is 10.6 Å². The molecule has 5 heteroatoms. The SMILES string of the molecule is CCC(C(=O)N1CCC(NC(=O)C(C)C2CNC2)CC1)c1ccccc1. The summed E-state index contributed by atoms with van der Waals surface area (Å²) < 4.78 is 0. The smallest absolute Gasteiger partial charge is 0.230 e. The molecule has 1 aromatic rings. The van der Waals surface area contributed by atoms with Crippen LogP contribution in [0.5, 0.6) is 0 Å². The van der Waals surface area contributed by atoms with Gasteiger partial charge in [0, 0.05) is 25.0 Å². The summed E-state index contributed by atoms with van der Waals surface area (Å²) in [4.78, 5) is 27.3. The van der Waals surface area contributed by atoms with Crippen molar-refractivity contribution in [2.24, 2.45) is 11.8 Å². The van der Waals surface area contributed by atoms with Crippen LogP contribution in [-0.4, -0.2) is 48.9 Å². The maximum Gasteiger partial charge on any atom is 0.230 e. The Morgan fingerprint density at radius 2 is 1.85 bits per heavy atom. The van der Waals surface area contributed by atoms with Crippen molar-refractivity contribution in [3.8, 4) is 0 Å². The summed E-state index contributed by atoms with van der Waals surface area (Å²) >= 11 is 0. The van der Waals surface area contributed by atoms with Gasteiger partial charge in [-0.25, -0.2) is 0 Å². The Balaban J connectivity index is 1.49. The van der Waals surface area contributed by atoms with Gasteiger partial charge in [0.15, 0.2) is 0 Å². The summed E-state index contributed by atoms with van der Waals surface area (Å²) in [5.41, 5.74) is 1.10. The Bertz CT molecular complexity index is 607. The van der Waals surface area contributed by atoms with Gasteiger partial charge in [-0.05, 0) is 43.8 Å². The monoisotopic (exact) mass is 357 g/mol. The topological polar surface area (TPSA) is 61.4 Å². The molecule has 2 unspecified atom stereocenters. The van der Waals surface area contributed by atoms with Gasteiger partial charge in [0.2, 0.25) is 11.8 Å². The van der Waals surface area contributed by atoms with Crippen LogP contribution in [0.25, 0.3) is 0 Å². The normalized spacial score (nSPS) is 20.9. The van der Waals surface area contributed by atoms with Gasteiger partial charge in [-0.3, -0.25) is 9.59 Å². The Labute approximate surface area is 156 Å². The number of carbonyl (C=O) groups excluding carboxylic acids is 2. The maximum absolute atomic E-state index is 12.9. The number of rotatable bonds is 6. The molecule has 0 aromatic heterocycles. The molecule has 2 saturated heterocycles. The van der Waals surface area contributed by atoms with E-state index in [-0.39, 0.29) is 29.7 Å². The fourth-order valence-corrected chi connectivity index (χ4v) is 3.91. The molecule has 2 heterocycles. The van der Waals surface area contributed by atoms with Crippen LogP contribution in [-0.2, 0) is 9.59 Å². The van der Waals surface area contributed by atoms with Gasteiger partial charge in [-0.2, -0.15) is 0 Å². The molecule has 2 N–H and O–H groups in total. The first-order chi connectivity index (χ1) is 12.6. The van der Waals surface area contributed by atoms with Crippen LogP contribution in [0.3, 0.4) is 0 Å². The zero-order valence-electron chi connectivity index (χ0n) is 15.9. The number of likely N-dealkylation sites (tertiary alicyclic amines) is 1. The van der Waals surface area contributed by atoms with Gasteiger partial charge >= 0.3 is 0 Å². The van der Waals surface area contributed by atoms with Gasteiger partial charge < -0.3 is 15.5 Å². The quantitative estimate of drug-likeness (QED) is 0.820. The summed E-state index contributed by atoms with van der Waals surface area (Å²) in [6, 6.07) is 10.2. The molecule has 1 aromatic carbocycles. The molecule has 0 spiro atoms. The first kappa shape index (κ1) is 18.9. The van der Waals surface area contributed by atoms with Crippen LogP contribution >= 0.6 is 0 Å². The third kappa shape index (κ3) is 4.26. The number of piperidine rings is 1. The van der Waals surface area contributed by atoms with Gasteiger partial charge in [0.05, 0.1) is 5.92 Å². The zero-order chi connectivity index (χ0) is 18.5. The van der Waals surface area contributed by atoms with Crippen molar-refractivity contribution in [2.75, 3.05) is 26.2 Å². The van der Waals surface area contributed by atoms with E-state index in [1.54, 1.807) is 0 Å². The second-order valence-electron chi connectivity index (χ2n) is 7.69. The summed E-state index contributed by atoms with van der Waals surface area (Å²) in [6.45, 7) is 7.43. The minimum atomic E-state index is -0.0616. The second kappa shape index (κ2) is 8.67. The molecule has 3 rings (SSSR count). The molecular formula is C21H31N3O2. The second-order valence-corrected chi connectivity index (χ2v) is 7.69. The largest absolute Gasteiger partial charge is 0.353 e. The van der Waals surface area contributed by atoms with Crippen molar-refractivity contribution in [1.29, 1.82) is 0 Å². The predicted molar refractivity (Wildman–Crippen MR) is 103 cm³/mol. The Kier molecular flexibility index (Phi) is 6.30. The molecule has 0 aliphatic carbocycles. The van der Waals surface area contributed by atoms with E-state index < -0.39 is 0 Å². The fourth-order valence-electron chi connectivity index (χ4n) is 3.91. The highest BCUT2D eigenvalue weighted by atomic mass is 16.2. The summed E-state index contributed by atoms with van der Waals surface area (Å²) in [5.74, 6) is 0.856. The summed E-state index contributed by atoms with van der Waals surface area (Å²) in [5, 5.41) is 6.42. The first-order valence-corrected chi connectivity index (χ1v) is 9.95. The van der Waals surface area contributed by atoms with Crippen molar-refractivity contribution in [3.05, 3.63) is 35.9 Å². The lowest BCUT2D eigenvalue weighted by molar-refractivity contribution is -0.134. The average Bonchev–Trinajstić information content (AvgIpc) is 2.62. The fraction of sp³-hybridized carbons (Fsp3) is 0.619. The van der Waals surface area contributed by atoms with E-state index in [4.69, 9.17) is 0 Å². The number of nitrogens with zero attached hydrogens (tertiary/aromatic N) is 1. The lowest BCUT2D eigenvalue weighted by Gasteiger charge is -2.36. The summed E-state index contributed by atoms with van der Waals surface area (Å²) in [6.07, 6.45) is 2.50. The first-order valence-electron chi connectivity index (χ1n) is 9.95. The van der Waals surface area contributed by atoms with Crippen LogP contribution in [0.2, 0.25) is 0 Å². The van der Waals surface area contributed by atoms with Gasteiger partial charge in [0.1, 0.15) is 0 Å². The minimum Gasteiger partial charge on any atom is -0.353 e. The van der Waals surface area contributed by atoms with Crippen molar-refractivity contribution >= 4 is 11.8 Å². The molecule has 0 bridgehead atoms. The van der Waals surface area contributed by atoms with E-state index in [0.29, 0.717) is 5.92 Å². The lowest BCUT2D eigenvalue weighted by Crippen LogP contribution is -2.53. The molecule has 2 aliphatic heterocycles. The maximum atomic E-state index is 12.9. The molecule has 26 heavy (non-hydrogen) atoms. The minimum absolute atomic E-state index is 0.0616. The van der Waals surface area contributed by atoms with Crippen LogP contribution in [0.1, 0.15) is 44.6 Å². The van der Waals surface area contributed by atoms with E-state index in [1.165, 1.54) is 0 Å². The third-order valence-corrected chi connectivity index (χ3v) is 6.00. The number of carbonyl (C=O) groups is 2. The van der Waals surface area contributed by atoms with Gasteiger partial charge in [-0.15, -0.1) is 0 Å². The molecule has 2 fully saturated rings. The van der Waals surface area contributed by atoms with E-state index in [1.807, 2.05) is 42.2 Å². The Hall–Kier alpha value is -1.88. The van der Waals surface area contributed by atoms with Crippen molar-refractivity contribution < 1.29 is 9.59 Å². The van der Waals surface area contributed by atoms with Gasteiger partial charge in [0.25, 0.3) is 0 Å². The van der Waals surface area contributed by atoms with Crippen molar-refractivity contribution in [2.45, 2.75) is 45.1 Å². The number of hydrogen-bond acceptors (Lipinski definition) is 3. The molecule has 5 nitrogen and oxygen atoms in total. The number of amides is 2. The van der Waals surface area contributed by atoms with Crippen LogP contribution in [0, 0.1) is 11.8 Å². The number of hydrogen-bond donors (Lipinski definition) is 2. The molecule has 142 valence electrons. The van der Waals surface area contributed by atoms with Crippen molar-refractivity contribution in [3.63, 3.8) is 0 Å². The third-order valence-electron chi connectivity index (χ3n) is 6.00. The average molecular weight is 357 g/mol. The molecule has 2 aliphatic rings. The molecule has 2 amide bonds. The lowest BCUT2D eigenvalue weighted by atomic mass is 9.88. The zero-order valence-corrected chi connectivity index (χ0v) is 15.9. The molecule has 0 saturated carbocycles. The van der Waals surface area contributed by atoms with Crippen molar-refractivity contribution in [1.82, 2.24) is 15.5 Å². The van der Waals surface area contributed by atoms with Crippen LogP contribution in [0.4, 0.5) is 0 Å².